The summed E-state index contributed by atoms with van der Waals surface area (Å²) in [6.07, 6.45) is 0. The van der Waals surface area contributed by atoms with Gasteiger partial charge in [-0.2, -0.15) is 4.57 Å². The van der Waals surface area contributed by atoms with Crippen molar-refractivity contribution in [3.05, 3.63) is 71.2 Å². The lowest BCUT2D eigenvalue weighted by molar-refractivity contribution is -0.633. The molecule has 0 fully saturated rings. The molecule has 0 aliphatic carbocycles. The summed E-state index contributed by atoms with van der Waals surface area (Å²) < 4.78 is 4.49. The molecule has 4 rings (SSSR count). The maximum absolute atomic E-state index is 4.91. The van der Waals surface area contributed by atoms with Gasteiger partial charge in [-0.25, -0.2) is 9.55 Å². The quantitative estimate of drug-likeness (QED) is 0.513. The summed E-state index contributed by atoms with van der Waals surface area (Å²) in [6.45, 7) is 8.21. The fourth-order valence-corrected chi connectivity index (χ4v) is 3.57. The third-order valence-electron chi connectivity index (χ3n) is 5.07. The molecule has 0 saturated carbocycles. The molecule has 4 nitrogen and oxygen atoms in total. The number of benzene rings is 2. The SMILES string of the molecule is Cc1ccccc1-c1n(-c2nc(C)c(C)nc2C)c2ccccc2[n+]1C. The average molecular weight is 343 g/mol. The monoisotopic (exact) mass is 343 g/mol. The second kappa shape index (κ2) is 6.06. The summed E-state index contributed by atoms with van der Waals surface area (Å²) in [4.78, 5) is 9.64. The third kappa shape index (κ3) is 2.41. The van der Waals surface area contributed by atoms with Gasteiger partial charge in [-0.3, -0.25) is 4.98 Å². The van der Waals surface area contributed by atoms with Crippen molar-refractivity contribution >= 4 is 11.0 Å². The number of aryl methyl sites for hydroxylation is 5. The van der Waals surface area contributed by atoms with Gasteiger partial charge in [-0.15, -0.1) is 0 Å². The van der Waals surface area contributed by atoms with Crippen molar-refractivity contribution in [2.24, 2.45) is 7.05 Å². The zero-order valence-electron chi connectivity index (χ0n) is 15.9. The number of nitrogens with zero attached hydrogens (tertiary/aromatic N) is 4. The van der Waals surface area contributed by atoms with Crippen LogP contribution in [0.5, 0.6) is 0 Å². The van der Waals surface area contributed by atoms with E-state index in [1.165, 1.54) is 16.6 Å². The summed E-state index contributed by atoms with van der Waals surface area (Å²) in [5, 5.41) is 0. The molecule has 0 unspecified atom stereocenters. The molecule has 0 atom stereocenters. The Bertz CT molecular complexity index is 1140. The molecule has 0 bridgehead atoms. The second-order valence-corrected chi connectivity index (χ2v) is 6.83. The van der Waals surface area contributed by atoms with E-state index in [1.807, 2.05) is 20.8 Å². The maximum atomic E-state index is 4.91. The molecular formula is C22H23N4+. The van der Waals surface area contributed by atoms with Gasteiger partial charge in [0.2, 0.25) is 5.82 Å². The van der Waals surface area contributed by atoms with Gasteiger partial charge in [0, 0.05) is 0 Å². The first-order chi connectivity index (χ1) is 12.5. The lowest BCUT2D eigenvalue weighted by Crippen LogP contribution is -2.30. The van der Waals surface area contributed by atoms with E-state index >= 15 is 0 Å². The van der Waals surface area contributed by atoms with E-state index in [2.05, 4.69) is 71.6 Å². The molecular weight excluding hydrogens is 320 g/mol. The highest BCUT2D eigenvalue weighted by Crippen LogP contribution is 2.29. The molecule has 130 valence electrons. The molecule has 0 radical (unpaired) electrons. The van der Waals surface area contributed by atoms with Crippen LogP contribution in [0.2, 0.25) is 0 Å². The molecule has 0 N–H and O–H groups in total. The molecule has 0 aliphatic rings. The fourth-order valence-electron chi connectivity index (χ4n) is 3.57. The van der Waals surface area contributed by atoms with Crippen molar-refractivity contribution in [1.82, 2.24) is 14.5 Å². The van der Waals surface area contributed by atoms with Crippen molar-refractivity contribution in [3.63, 3.8) is 0 Å². The molecule has 0 amide bonds. The lowest BCUT2D eigenvalue weighted by atomic mass is 10.1. The predicted octanol–water partition coefficient (Wildman–Crippen LogP) is 4.15. The van der Waals surface area contributed by atoms with E-state index in [1.54, 1.807) is 0 Å². The van der Waals surface area contributed by atoms with Crippen molar-refractivity contribution in [2.45, 2.75) is 27.7 Å². The van der Waals surface area contributed by atoms with Gasteiger partial charge in [0.05, 0.1) is 24.0 Å². The standard InChI is InChI=1S/C22H23N4/c1-14-10-6-7-11-18(14)22-25(5)19-12-8-9-13-20(19)26(22)21-17(4)23-15(2)16(3)24-21/h6-13H,1-5H3/q+1. The molecule has 0 spiro atoms. The highest BCUT2D eigenvalue weighted by molar-refractivity contribution is 5.79. The van der Waals surface area contributed by atoms with E-state index in [-0.39, 0.29) is 0 Å². The van der Waals surface area contributed by atoms with Crippen LogP contribution >= 0.6 is 0 Å². The molecule has 2 heterocycles. The number of hydrogen-bond acceptors (Lipinski definition) is 2. The first-order valence-corrected chi connectivity index (χ1v) is 8.86. The molecule has 4 aromatic rings. The highest BCUT2D eigenvalue weighted by atomic mass is 15.2. The van der Waals surface area contributed by atoms with Gasteiger partial charge in [0.15, 0.2) is 11.0 Å². The summed E-state index contributed by atoms with van der Waals surface area (Å²) in [6, 6.07) is 16.9. The minimum absolute atomic E-state index is 0.892. The smallest absolute Gasteiger partial charge is 0.250 e. The van der Waals surface area contributed by atoms with Gasteiger partial charge in [0.25, 0.3) is 5.82 Å². The van der Waals surface area contributed by atoms with Crippen molar-refractivity contribution in [3.8, 4) is 17.2 Å². The zero-order chi connectivity index (χ0) is 18.4. The number of para-hydroxylation sites is 2. The molecule has 4 heteroatoms. The van der Waals surface area contributed by atoms with Gasteiger partial charge in [-0.1, -0.05) is 30.3 Å². The number of hydrogen-bond donors (Lipinski definition) is 0. The fraction of sp³-hybridized carbons (Fsp3) is 0.227. The third-order valence-corrected chi connectivity index (χ3v) is 5.07. The number of imidazole rings is 1. The Balaban J connectivity index is 2.17. The van der Waals surface area contributed by atoms with Gasteiger partial charge < -0.3 is 0 Å². The van der Waals surface area contributed by atoms with E-state index in [9.17, 15) is 0 Å². The first kappa shape index (κ1) is 16.5. The Hall–Kier alpha value is -3.01. The first-order valence-electron chi connectivity index (χ1n) is 8.86. The lowest BCUT2D eigenvalue weighted by Gasteiger charge is -2.09. The number of fused-ring (bicyclic) bond motifs is 1. The molecule has 2 aromatic heterocycles. The van der Waals surface area contributed by atoms with E-state index < -0.39 is 0 Å². The van der Waals surface area contributed by atoms with E-state index in [0.29, 0.717) is 0 Å². The Kier molecular flexibility index (Phi) is 3.83. The van der Waals surface area contributed by atoms with Gasteiger partial charge in [-0.05, 0) is 51.5 Å². The largest absolute Gasteiger partial charge is 0.296 e. The average Bonchev–Trinajstić information content (AvgIpc) is 2.92. The van der Waals surface area contributed by atoms with Crippen LogP contribution in [0.15, 0.2) is 48.5 Å². The normalized spacial score (nSPS) is 11.3. The van der Waals surface area contributed by atoms with Crippen LogP contribution in [-0.4, -0.2) is 14.5 Å². The predicted molar refractivity (Wildman–Crippen MR) is 104 cm³/mol. The van der Waals surface area contributed by atoms with E-state index in [4.69, 9.17) is 9.97 Å². The van der Waals surface area contributed by atoms with Crippen molar-refractivity contribution in [2.75, 3.05) is 0 Å². The Morgan fingerprint density at radius 1 is 0.769 bits per heavy atom. The Morgan fingerprint density at radius 3 is 2.19 bits per heavy atom. The Morgan fingerprint density at radius 2 is 1.42 bits per heavy atom. The van der Waals surface area contributed by atoms with Crippen LogP contribution in [0.4, 0.5) is 0 Å². The van der Waals surface area contributed by atoms with Crippen LogP contribution in [0.25, 0.3) is 28.2 Å². The molecule has 0 aliphatic heterocycles. The number of aromatic nitrogens is 4. The topological polar surface area (TPSA) is 34.6 Å². The summed E-state index contributed by atoms with van der Waals surface area (Å²) >= 11 is 0. The number of rotatable bonds is 2. The molecule has 26 heavy (non-hydrogen) atoms. The summed E-state index contributed by atoms with van der Waals surface area (Å²) in [7, 11) is 2.12. The van der Waals surface area contributed by atoms with Gasteiger partial charge in [0.1, 0.15) is 5.69 Å². The van der Waals surface area contributed by atoms with Crippen molar-refractivity contribution < 1.29 is 4.57 Å². The zero-order valence-corrected chi connectivity index (χ0v) is 15.9. The van der Waals surface area contributed by atoms with Crippen molar-refractivity contribution in [1.29, 1.82) is 0 Å². The van der Waals surface area contributed by atoms with Crippen LogP contribution in [0, 0.1) is 27.7 Å². The second-order valence-electron chi connectivity index (χ2n) is 6.83. The van der Waals surface area contributed by atoms with Gasteiger partial charge >= 0.3 is 0 Å². The van der Waals surface area contributed by atoms with E-state index in [0.717, 1.165) is 34.2 Å². The summed E-state index contributed by atoms with van der Waals surface area (Å²) in [5.41, 5.74) is 7.61. The maximum Gasteiger partial charge on any atom is 0.296 e. The van der Waals surface area contributed by atoms with Crippen LogP contribution in [0.1, 0.15) is 22.6 Å². The summed E-state index contributed by atoms with van der Waals surface area (Å²) in [5.74, 6) is 2.01. The molecule has 0 saturated heterocycles. The minimum Gasteiger partial charge on any atom is -0.250 e. The van der Waals surface area contributed by atoms with Crippen LogP contribution < -0.4 is 4.57 Å². The van der Waals surface area contributed by atoms with Crippen LogP contribution in [-0.2, 0) is 7.05 Å². The van der Waals surface area contributed by atoms with Crippen LogP contribution in [0.3, 0.4) is 0 Å². The Labute approximate surface area is 153 Å². The minimum atomic E-state index is 0.892. The molecule has 2 aromatic carbocycles. The highest BCUT2D eigenvalue weighted by Gasteiger charge is 2.29.